The fourth-order valence-corrected chi connectivity index (χ4v) is 4.08. The third-order valence-electron chi connectivity index (χ3n) is 5.69. The zero-order valence-electron chi connectivity index (χ0n) is 16.8. The Morgan fingerprint density at radius 2 is 1.86 bits per heavy atom. The van der Waals surface area contributed by atoms with Crippen molar-refractivity contribution in [2.75, 3.05) is 20.2 Å². The largest absolute Gasteiger partial charge is 0.496 e. The lowest BCUT2D eigenvalue weighted by molar-refractivity contribution is -0.145. The Bertz CT molecular complexity index is 809. The summed E-state index contributed by atoms with van der Waals surface area (Å²) in [7, 11) is 1.58. The predicted molar refractivity (Wildman–Crippen MR) is 105 cm³/mol. The fraction of sp³-hybridized carbons (Fsp3) is 0.524. The highest BCUT2D eigenvalue weighted by Crippen LogP contribution is 2.31. The number of para-hydroxylation sites is 1. The van der Waals surface area contributed by atoms with Gasteiger partial charge in [-0.3, -0.25) is 19.3 Å². The van der Waals surface area contributed by atoms with Gasteiger partial charge in [0.15, 0.2) is 0 Å². The molecule has 1 aromatic rings. The molecule has 0 bridgehead atoms. The Hall–Kier alpha value is -2.90. The molecule has 156 valence electrons. The number of urea groups is 1. The fourth-order valence-electron chi connectivity index (χ4n) is 4.08. The van der Waals surface area contributed by atoms with E-state index in [2.05, 4.69) is 5.32 Å². The summed E-state index contributed by atoms with van der Waals surface area (Å²) in [6.45, 7) is 1.86. The molecule has 1 heterocycles. The molecule has 1 aliphatic carbocycles. The SMILES string of the molecule is COc1ccccc1CCNC(=O)CN1C(=O)C(=O)N([C@H]2CCCC[C@H]2C)C1=O. The van der Waals surface area contributed by atoms with E-state index < -0.39 is 30.3 Å². The number of hydrogen-bond acceptors (Lipinski definition) is 5. The molecule has 8 heteroatoms. The second-order valence-electron chi connectivity index (χ2n) is 7.59. The van der Waals surface area contributed by atoms with Crippen LogP contribution in [0.5, 0.6) is 5.75 Å². The third kappa shape index (κ3) is 4.41. The number of methoxy groups -OCH3 is 1. The lowest BCUT2D eigenvalue weighted by Gasteiger charge is -2.34. The van der Waals surface area contributed by atoms with Crippen LogP contribution >= 0.6 is 0 Å². The maximum atomic E-state index is 12.7. The molecular weight excluding hydrogens is 374 g/mol. The van der Waals surface area contributed by atoms with Crippen LogP contribution in [0.25, 0.3) is 0 Å². The number of benzene rings is 1. The van der Waals surface area contributed by atoms with Crippen LogP contribution in [0.15, 0.2) is 24.3 Å². The number of carbonyl (C=O) groups is 4. The van der Waals surface area contributed by atoms with Crippen molar-refractivity contribution in [1.29, 1.82) is 0 Å². The van der Waals surface area contributed by atoms with Crippen LogP contribution in [0.3, 0.4) is 0 Å². The van der Waals surface area contributed by atoms with E-state index >= 15 is 0 Å². The van der Waals surface area contributed by atoms with Crippen molar-refractivity contribution in [3.63, 3.8) is 0 Å². The van der Waals surface area contributed by atoms with E-state index in [1.54, 1.807) is 7.11 Å². The Labute approximate surface area is 170 Å². The van der Waals surface area contributed by atoms with E-state index in [-0.39, 0.29) is 12.0 Å². The summed E-state index contributed by atoms with van der Waals surface area (Å²) in [5.74, 6) is -1.34. The molecule has 1 saturated carbocycles. The number of nitrogens with one attached hydrogen (secondary N) is 1. The lowest BCUT2D eigenvalue weighted by Crippen LogP contribution is -2.47. The number of hydrogen-bond donors (Lipinski definition) is 1. The van der Waals surface area contributed by atoms with E-state index in [1.165, 1.54) is 0 Å². The van der Waals surface area contributed by atoms with Crippen LogP contribution in [-0.2, 0) is 20.8 Å². The molecule has 1 N–H and O–H groups in total. The average molecular weight is 401 g/mol. The van der Waals surface area contributed by atoms with E-state index in [0.717, 1.165) is 40.4 Å². The van der Waals surface area contributed by atoms with Crippen LogP contribution in [0.4, 0.5) is 4.79 Å². The van der Waals surface area contributed by atoms with Gasteiger partial charge in [0.2, 0.25) is 5.91 Å². The zero-order chi connectivity index (χ0) is 21.0. The molecule has 0 radical (unpaired) electrons. The Morgan fingerprint density at radius 3 is 2.59 bits per heavy atom. The van der Waals surface area contributed by atoms with Gasteiger partial charge in [-0.2, -0.15) is 0 Å². The first-order chi connectivity index (χ1) is 13.9. The topological polar surface area (TPSA) is 96.0 Å². The van der Waals surface area contributed by atoms with Crippen LogP contribution in [0, 0.1) is 5.92 Å². The van der Waals surface area contributed by atoms with Gasteiger partial charge in [0.05, 0.1) is 7.11 Å². The van der Waals surface area contributed by atoms with Crippen LogP contribution in [-0.4, -0.2) is 59.8 Å². The zero-order valence-corrected chi connectivity index (χ0v) is 16.8. The number of imide groups is 2. The highest BCUT2D eigenvalue weighted by Gasteiger charge is 2.49. The maximum Gasteiger partial charge on any atom is 0.334 e. The molecule has 3 rings (SSSR count). The molecule has 1 saturated heterocycles. The van der Waals surface area contributed by atoms with Crippen LogP contribution in [0.1, 0.15) is 38.2 Å². The predicted octanol–water partition coefficient (Wildman–Crippen LogP) is 1.72. The molecule has 2 atom stereocenters. The van der Waals surface area contributed by atoms with Crippen molar-refractivity contribution < 1.29 is 23.9 Å². The smallest absolute Gasteiger partial charge is 0.334 e. The van der Waals surface area contributed by atoms with E-state index in [1.807, 2.05) is 31.2 Å². The molecule has 5 amide bonds. The normalized spacial score (nSPS) is 22.2. The molecule has 0 spiro atoms. The monoisotopic (exact) mass is 401 g/mol. The van der Waals surface area contributed by atoms with Gasteiger partial charge in [-0.1, -0.05) is 38.0 Å². The first kappa shape index (κ1) is 20.8. The van der Waals surface area contributed by atoms with Crippen molar-refractivity contribution in [3.05, 3.63) is 29.8 Å². The quantitative estimate of drug-likeness (QED) is 0.554. The van der Waals surface area contributed by atoms with Crippen molar-refractivity contribution in [1.82, 2.24) is 15.1 Å². The summed E-state index contributed by atoms with van der Waals surface area (Å²) in [6.07, 6.45) is 4.14. The van der Waals surface area contributed by atoms with Gasteiger partial charge in [-0.15, -0.1) is 0 Å². The summed E-state index contributed by atoms with van der Waals surface area (Å²) in [4.78, 5) is 51.5. The molecule has 1 aromatic carbocycles. The highest BCUT2D eigenvalue weighted by atomic mass is 16.5. The van der Waals surface area contributed by atoms with Crippen molar-refractivity contribution in [2.24, 2.45) is 5.92 Å². The van der Waals surface area contributed by atoms with Gasteiger partial charge in [0, 0.05) is 12.6 Å². The first-order valence-corrected chi connectivity index (χ1v) is 10.0. The van der Waals surface area contributed by atoms with Crippen molar-refractivity contribution in [3.8, 4) is 5.75 Å². The Morgan fingerprint density at radius 1 is 1.14 bits per heavy atom. The van der Waals surface area contributed by atoms with E-state index in [0.29, 0.717) is 19.4 Å². The molecule has 29 heavy (non-hydrogen) atoms. The van der Waals surface area contributed by atoms with Crippen LogP contribution < -0.4 is 10.1 Å². The molecular formula is C21H27N3O5. The van der Waals surface area contributed by atoms with Gasteiger partial charge in [0.1, 0.15) is 12.3 Å². The second-order valence-corrected chi connectivity index (χ2v) is 7.59. The molecule has 0 aromatic heterocycles. The van der Waals surface area contributed by atoms with Gasteiger partial charge < -0.3 is 10.1 Å². The van der Waals surface area contributed by atoms with Gasteiger partial charge >= 0.3 is 17.8 Å². The molecule has 2 aliphatic rings. The average Bonchev–Trinajstić information content (AvgIpc) is 2.92. The van der Waals surface area contributed by atoms with E-state index in [4.69, 9.17) is 4.74 Å². The minimum atomic E-state index is -0.923. The third-order valence-corrected chi connectivity index (χ3v) is 5.69. The molecule has 0 unspecified atom stereocenters. The lowest BCUT2D eigenvalue weighted by atomic mass is 9.85. The van der Waals surface area contributed by atoms with Crippen molar-refractivity contribution in [2.45, 2.75) is 45.1 Å². The minimum absolute atomic E-state index is 0.152. The minimum Gasteiger partial charge on any atom is -0.496 e. The molecule has 2 fully saturated rings. The Balaban J connectivity index is 1.56. The number of ether oxygens (including phenoxy) is 1. The number of nitrogens with zero attached hydrogens (tertiary/aromatic N) is 2. The summed E-state index contributed by atoms with van der Waals surface area (Å²) in [5, 5.41) is 2.70. The van der Waals surface area contributed by atoms with Gasteiger partial charge in [-0.25, -0.2) is 9.69 Å². The van der Waals surface area contributed by atoms with E-state index in [9.17, 15) is 19.2 Å². The summed E-state index contributed by atoms with van der Waals surface area (Å²) in [6, 6.07) is 6.53. The van der Waals surface area contributed by atoms with Gasteiger partial charge in [0.25, 0.3) is 0 Å². The van der Waals surface area contributed by atoms with Gasteiger partial charge in [-0.05, 0) is 36.8 Å². The number of amides is 5. The Kier molecular flexibility index (Phi) is 6.51. The summed E-state index contributed by atoms with van der Waals surface area (Å²) in [5.41, 5.74) is 0.941. The summed E-state index contributed by atoms with van der Waals surface area (Å²) >= 11 is 0. The highest BCUT2D eigenvalue weighted by molar-refractivity contribution is 6.45. The standard InChI is InChI=1S/C21H27N3O5/c1-14-7-3-5-9-16(14)24-20(27)19(26)23(21(24)28)13-18(25)22-12-11-15-8-4-6-10-17(15)29-2/h4,6,8,10,14,16H,3,5,7,9,11-13H2,1-2H3,(H,22,25)/t14-,16+/m1/s1. The second kappa shape index (κ2) is 9.07. The summed E-state index contributed by atoms with van der Waals surface area (Å²) < 4.78 is 5.28. The molecule has 8 nitrogen and oxygen atoms in total. The maximum absolute atomic E-state index is 12.7. The number of rotatable bonds is 7. The first-order valence-electron chi connectivity index (χ1n) is 10.0. The molecule has 1 aliphatic heterocycles. The van der Waals surface area contributed by atoms with Crippen molar-refractivity contribution >= 4 is 23.8 Å². The van der Waals surface area contributed by atoms with Crippen LogP contribution in [0.2, 0.25) is 0 Å². The number of carbonyl (C=O) groups excluding carboxylic acids is 4.